The van der Waals surface area contributed by atoms with Crippen molar-refractivity contribution < 1.29 is 23.8 Å². The van der Waals surface area contributed by atoms with E-state index in [9.17, 15) is 23.9 Å². The fourth-order valence-electron chi connectivity index (χ4n) is 4.53. The molecule has 170 valence electrons. The maximum absolute atomic E-state index is 14.1. The quantitative estimate of drug-likeness (QED) is 0.708. The number of nitrogens with one attached hydrogen (secondary N) is 1. The van der Waals surface area contributed by atoms with Crippen LogP contribution >= 0.6 is 11.6 Å². The van der Waals surface area contributed by atoms with E-state index < -0.39 is 34.3 Å². The van der Waals surface area contributed by atoms with E-state index in [-0.39, 0.29) is 34.5 Å². The number of benzene rings is 1. The Labute approximate surface area is 188 Å². The third-order valence-electron chi connectivity index (χ3n) is 6.11. The van der Waals surface area contributed by atoms with Crippen molar-refractivity contribution in [1.82, 2.24) is 14.8 Å². The van der Waals surface area contributed by atoms with Gasteiger partial charge in [0.1, 0.15) is 11.4 Å². The Balaban J connectivity index is 1.68. The second-order valence-corrected chi connectivity index (χ2v) is 8.61. The molecule has 2 amide bonds. The number of ether oxygens (including phenoxy) is 1. The van der Waals surface area contributed by atoms with E-state index >= 15 is 0 Å². The van der Waals surface area contributed by atoms with E-state index in [2.05, 4.69) is 5.32 Å². The Hall–Kier alpha value is -2.91. The van der Waals surface area contributed by atoms with Gasteiger partial charge in [-0.25, -0.2) is 4.39 Å². The normalized spacial score (nSPS) is 21.9. The molecule has 1 aliphatic heterocycles. The number of aromatic nitrogens is 1. The van der Waals surface area contributed by atoms with Gasteiger partial charge in [-0.2, -0.15) is 0 Å². The Morgan fingerprint density at radius 2 is 2.09 bits per heavy atom. The van der Waals surface area contributed by atoms with Crippen LogP contribution in [0.3, 0.4) is 0 Å². The first kappa shape index (κ1) is 22.3. The third-order valence-corrected chi connectivity index (χ3v) is 6.40. The molecule has 1 spiro atoms. The van der Waals surface area contributed by atoms with Gasteiger partial charge in [0.2, 0.25) is 5.43 Å². The van der Waals surface area contributed by atoms with Crippen molar-refractivity contribution in [3.05, 3.63) is 62.3 Å². The topological polar surface area (TPSA) is 101 Å². The standard InChI is InChI=1S/C22H23ClFN3O5/c1-3-32-13-7-22(8-13)11-26(2)21(31)17-19(29)18(28)14(10-27(17)22)20(30)25-9-12-5-4-6-15(23)16(12)24/h4-6,10,13,29H,3,7-9,11H2,1-2H3,(H,25,30)/t13-,22+. The molecular weight excluding hydrogens is 441 g/mol. The zero-order valence-corrected chi connectivity index (χ0v) is 18.4. The Kier molecular flexibility index (Phi) is 5.72. The van der Waals surface area contributed by atoms with Crippen molar-refractivity contribution in [2.75, 3.05) is 20.2 Å². The molecule has 0 radical (unpaired) electrons. The average molecular weight is 464 g/mol. The molecule has 4 rings (SSSR count). The van der Waals surface area contributed by atoms with Gasteiger partial charge in [0.25, 0.3) is 11.8 Å². The van der Waals surface area contributed by atoms with Gasteiger partial charge in [0, 0.05) is 38.5 Å². The lowest BCUT2D eigenvalue weighted by molar-refractivity contribution is -0.0825. The SMILES string of the molecule is CCO[C@H]1C[C@]2(CN(C)C(=O)c3c(O)c(=O)c(C(=O)NCc4cccc(Cl)c4F)cn32)C1. The summed E-state index contributed by atoms with van der Waals surface area (Å²) in [6.07, 6.45) is 2.44. The van der Waals surface area contributed by atoms with Crippen molar-refractivity contribution in [2.45, 2.75) is 38.0 Å². The van der Waals surface area contributed by atoms with Gasteiger partial charge in [-0.05, 0) is 25.8 Å². The lowest BCUT2D eigenvalue weighted by Gasteiger charge is -2.53. The molecular formula is C22H23ClFN3O5. The number of hydrogen-bond acceptors (Lipinski definition) is 5. The molecule has 1 aromatic carbocycles. The van der Waals surface area contributed by atoms with E-state index in [1.807, 2.05) is 6.92 Å². The van der Waals surface area contributed by atoms with Crippen LogP contribution in [0.4, 0.5) is 4.39 Å². The van der Waals surface area contributed by atoms with E-state index in [0.29, 0.717) is 26.0 Å². The van der Waals surface area contributed by atoms with Crippen molar-refractivity contribution in [2.24, 2.45) is 0 Å². The van der Waals surface area contributed by atoms with Gasteiger partial charge in [-0.3, -0.25) is 14.4 Å². The van der Waals surface area contributed by atoms with Crippen molar-refractivity contribution in [3.63, 3.8) is 0 Å². The summed E-state index contributed by atoms with van der Waals surface area (Å²) in [7, 11) is 1.60. The predicted octanol–water partition coefficient (Wildman–Crippen LogP) is 2.26. The molecule has 2 N–H and O–H groups in total. The summed E-state index contributed by atoms with van der Waals surface area (Å²) >= 11 is 5.76. The Bertz CT molecular complexity index is 1160. The summed E-state index contributed by atoms with van der Waals surface area (Å²) in [5.41, 5.74) is -1.86. The molecule has 10 heteroatoms. The minimum atomic E-state index is -0.959. The number of hydrogen-bond donors (Lipinski definition) is 2. The zero-order valence-electron chi connectivity index (χ0n) is 17.7. The van der Waals surface area contributed by atoms with Gasteiger partial charge in [0.15, 0.2) is 11.4 Å². The summed E-state index contributed by atoms with van der Waals surface area (Å²) in [5.74, 6) is -2.73. The van der Waals surface area contributed by atoms with Crippen molar-refractivity contribution >= 4 is 23.4 Å². The number of nitrogens with zero attached hydrogens (tertiary/aromatic N) is 2. The first-order valence-corrected chi connectivity index (χ1v) is 10.6. The molecule has 1 aliphatic carbocycles. The van der Waals surface area contributed by atoms with Crippen LogP contribution in [0.1, 0.15) is 46.2 Å². The number of halogens is 2. The van der Waals surface area contributed by atoms with Gasteiger partial charge >= 0.3 is 0 Å². The second-order valence-electron chi connectivity index (χ2n) is 8.21. The van der Waals surface area contributed by atoms with E-state index in [1.165, 1.54) is 27.8 Å². The van der Waals surface area contributed by atoms with Crippen LogP contribution in [-0.4, -0.2) is 52.7 Å². The Morgan fingerprint density at radius 1 is 1.38 bits per heavy atom. The highest BCUT2D eigenvalue weighted by Gasteiger charge is 2.52. The minimum Gasteiger partial charge on any atom is -0.503 e. The molecule has 2 aromatic rings. The number of likely N-dealkylation sites (N-methyl/N-ethyl adjacent to an activating group) is 1. The lowest BCUT2D eigenvalue weighted by atomic mass is 9.72. The van der Waals surface area contributed by atoms with Gasteiger partial charge in [-0.15, -0.1) is 0 Å². The van der Waals surface area contributed by atoms with Gasteiger partial charge in [0.05, 0.1) is 16.7 Å². The van der Waals surface area contributed by atoms with Crippen LogP contribution in [0.5, 0.6) is 5.75 Å². The molecule has 0 unspecified atom stereocenters. The first-order valence-electron chi connectivity index (χ1n) is 10.3. The Morgan fingerprint density at radius 3 is 2.78 bits per heavy atom. The number of pyridine rings is 1. The molecule has 1 aromatic heterocycles. The number of fused-ring (bicyclic) bond motifs is 2. The summed E-state index contributed by atoms with van der Waals surface area (Å²) in [4.78, 5) is 39.7. The fraction of sp³-hybridized carbons (Fsp3) is 0.409. The monoisotopic (exact) mass is 463 g/mol. The molecule has 1 saturated carbocycles. The van der Waals surface area contributed by atoms with Crippen LogP contribution in [0.25, 0.3) is 0 Å². The van der Waals surface area contributed by atoms with Crippen LogP contribution in [-0.2, 0) is 16.8 Å². The summed E-state index contributed by atoms with van der Waals surface area (Å²) in [5, 5.41) is 13.0. The second kappa shape index (κ2) is 8.22. The van der Waals surface area contributed by atoms with E-state index in [0.717, 1.165) is 0 Å². The molecule has 0 bridgehead atoms. The maximum Gasteiger partial charge on any atom is 0.274 e. The highest BCUT2D eigenvalue weighted by Crippen LogP contribution is 2.45. The number of carbonyl (C=O) groups is 2. The number of amides is 2. The van der Waals surface area contributed by atoms with E-state index in [4.69, 9.17) is 16.3 Å². The van der Waals surface area contributed by atoms with Crippen LogP contribution in [0.2, 0.25) is 5.02 Å². The highest BCUT2D eigenvalue weighted by molar-refractivity contribution is 6.30. The smallest absolute Gasteiger partial charge is 0.274 e. The van der Waals surface area contributed by atoms with Crippen molar-refractivity contribution in [3.8, 4) is 5.75 Å². The first-order chi connectivity index (χ1) is 15.2. The van der Waals surface area contributed by atoms with Crippen molar-refractivity contribution in [1.29, 1.82) is 0 Å². The molecule has 0 atom stereocenters. The highest BCUT2D eigenvalue weighted by atomic mass is 35.5. The molecule has 8 nitrogen and oxygen atoms in total. The number of aromatic hydroxyl groups is 1. The van der Waals surface area contributed by atoms with Gasteiger partial charge < -0.3 is 24.6 Å². The fourth-order valence-corrected chi connectivity index (χ4v) is 4.73. The maximum atomic E-state index is 14.1. The summed E-state index contributed by atoms with van der Waals surface area (Å²) in [6, 6.07) is 4.39. The number of carbonyl (C=O) groups excluding carboxylic acids is 2. The average Bonchev–Trinajstić information content (AvgIpc) is 2.73. The zero-order chi connectivity index (χ0) is 23.2. The molecule has 1 fully saturated rings. The predicted molar refractivity (Wildman–Crippen MR) is 115 cm³/mol. The van der Waals surface area contributed by atoms with E-state index in [1.54, 1.807) is 13.1 Å². The summed E-state index contributed by atoms with van der Waals surface area (Å²) < 4.78 is 21.3. The molecule has 2 heterocycles. The minimum absolute atomic E-state index is 0.0147. The van der Waals surface area contributed by atoms with Crippen LogP contribution in [0, 0.1) is 5.82 Å². The third kappa shape index (κ3) is 3.55. The molecule has 0 saturated heterocycles. The van der Waals surface area contributed by atoms with Gasteiger partial charge in [-0.1, -0.05) is 23.7 Å². The lowest BCUT2D eigenvalue weighted by Crippen LogP contribution is -2.61. The number of rotatable bonds is 5. The van der Waals surface area contributed by atoms with Crippen LogP contribution < -0.4 is 10.7 Å². The van der Waals surface area contributed by atoms with Crippen LogP contribution in [0.15, 0.2) is 29.2 Å². The molecule has 2 aliphatic rings. The largest absolute Gasteiger partial charge is 0.503 e. The summed E-state index contributed by atoms with van der Waals surface area (Å²) in [6.45, 7) is 2.60. The molecule has 32 heavy (non-hydrogen) atoms.